The summed E-state index contributed by atoms with van der Waals surface area (Å²) in [5.74, 6) is 0.374. The first-order valence-electron chi connectivity index (χ1n) is 8.44. The van der Waals surface area contributed by atoms with Gasteiger partial charge in [-0.15, -0.1) is 0 Å². The fourth-order valence-corrected chi connectivity index (χ4v) is 4.24. The van der Waals surface area contributed by atoms with Crippen LogP contribution in [0.5, 0.6) is 0 Å². The Kier molecular flexibility index (Phi) is 5.55. The number of sulfonamides is 1. The van der Waals surface area contributed by atoms with Crippen LogP contribution in [-0.2, 0) is 23.1 Å². The Morgan fingerprint density at radius 2 is 2.04 bits per heavy atom. The average Bonchev–Trinajstić information content (AvgIpc) is 3.15. The summed E-state index contributed by atoms with van der Waals surface area (Å²) in [7, 11) is -0.619. The van der Waals surface area contributed by atoms with Crippen LogP contribution in [-0.4, -0.2) is 51.1 Å². The van der Waals surface area contributed by atoms with Gasteiger partial charge >= 0.3 is 5.82 Å². The summed E-state index contributed by atoms with van der Waals surface area (Å²) in [5.41, 5.74) is 1.35. The van der Waals surface area contributed by atoms with Crippen LogP contribution in [0.25, 0.3) is 11.0 Å². The molecule has 0 saturated heterocycles. The Labute approximate surface area is 170 Å². The molecule has 3 aromatic rings. The lowest BCUT2D eigenvalue weighted by molar-refractivity contribution is -0.390. The van der Waals surface area contributed by atoms with Gasteiger partial charge in [0.1, 0.15) is 16.8 Å². The molecule has 12 heteroatoms. The van der Waals surface area contributed by atoms with Crippen molar-refractivity contribution in [3.8, 4) is 0 Å². The van der Waals surface area contributed by atoms with Crippen LogP contribution in [0.2, 0.25) is 0 Å². The molecule has 0 spiro atoms. The monoisotopic (exact) mass is 470 g/mol. The topological polar surface area (TPSA) is 116 Å². The second-order valence-electron chi connectivity index (χ2n) is 6.37. The predicted octanol–water partition coefficient (Wildman–Crippen LogP) is 2.61. The highest BCUT2D eigenvalue weighted by molar-refractivity contribution is 9.10. The number of halogens is 1. The molecule has 0 amide bonds. The number of nitro groups is 1. The maximum absolute atomic E-state index is 12.4. The Bertz CT molecular complexity index is 1150. The molecule has 10 nitrogen and oxygen atoms in total. The van der Waals surface area contributed by atoms with Crippen molar-refractivity contribution < 1.29 is 13.3 Å². The summed E-state index contributed by atoms with van der Waals surface area (Å²) in [5, 5.41) is 15.0. The van der Waals surface area contributed by atoms with Gasteiger partial charge in [-0.25, -0.2) is 17.7 Å². The molecule has 0 bridgehead atoms. The Morgan fingerprint density at radius 1 is 1.32 bits per heavy atom. The second kappa shape index (κ2) is 7.60. The molecule has 28 heavy (non-hydrogen) atoms. The Hall–Kier alpha value is -2.31. The van der Waals surface area contributed by atoms with E-state index in [1.54, 1.807) is 18.2 Å². The highest BCUT2D eigenvalue weighted by Crippen LogP contribution is 2.25. The second-order valence-corrected chi connectivity index (χ2v) is 9.38. The first-order valence-corrected chi connectivity index (χ1v) is 10.7. The summed E-state index contributed by atoms with van der Waals surface area (Å²) in [6, 6.07) is 4.84. The van der Waals surface area contributed by atoms with Gasteiger partial charge in [-0.2, -0.15) is 4.68 Å². The van der Waals surface area contributed by atoms with E-state index in [0.717, 1.165) is 16.2 Å². The fraction of sp³-hybridized carbons (Fsp3) is 0.375. The number of aryl methyl sites for hydroxylation is 1. The summed E-state index contributed by atoms with van der Waals surface area (Å²) < 4.78 is 29.6. The lowest BCUT2D eigenvalue weighted by Gasteiger charge is -2.11. The van der Waals surface area contributed by atoms with Crippen LogP contribution in [0.4, 0.5) is 5.82 Å². The van der Waals surface area contributed by atoms with Crippen molar-refractivity contribution in [1.82, 2.24) is 23.6 Å². The molecule has 0 radical (unpaired) electrons. The molecule has 0 unspecified atom stereocenters. The molecule has 0 fully saturated rings. The molecule has 0 saturated carbocycles. The number of imidazole rings is 1. The van der Waals surface area contributed by atoms with E-state index in [-0.39, 0.29) is 21.7 Å². The van der Waals surface area contributed by atoms with E-state index in [4.69, 9.17) is 0 Å². The van der Waals surface area contributed by atoms with E-state index in [9.17, 15) is 18.5 Å². The number of rotatable bonds is 7. The number of nitrogens with zero attached hydrogens (tertiary/aromatic N) is 6. The van der Waals surface area contributed by atoms with Gasteiger partial charge in [-0.05, 0) is 45.5 Å². The van der Waals surface area contributed by atoms with Crippen LogP contribution in [0.15, 0.2) is 33.8 Å². The number of fused-ring (bicyclic) bond motifs is 1. The van der Waals surface area contributed by atoms with Crippen molar-refractivity contribution in [2.45, 2.75) is 31.3 Å². The van der Waals surface area contributed by atoms with Gasteiger partial charge < -0.3 is 14.7 Å². The van der Waals surface area contributed by atoms with Gasteiger partial charge in [0.25, 0.3) is 0 Å². The zero-order valence-corrected chi connectivity index (χ0v) is 17.9. The molecule has 0 aliphatic carbocycles. The van der Waals surface area contributed by atoms with Crippen LogP contribution in [0, 0.1) is 10.1 Å². The molecular formula is C16H19BrN6O4S. The lowest BCUT2D eigenvalue weighted by Crippen LogP contribution is -2.22. The van der Waals surface area contributed by atoms with Crippen molar-refractivity contribution in [1.29, 1.82) is 0 Å². The number of hydrogen-bond acceptors (Lipinski definition) is 6. The molecule has 2 heterocycles. The lowest BCUT2D eigenvalue weighted by atomic mass is 10.3. The summed E-state index contributed by atoms with van der Waals surface area (Å²) in [6.07, 6.45) is 2.37. The average molecular weight is 471 g/mol. The van der Waals surface area contributed by atoms with Gasteiger partial charge in [0.05, 0.1) is 27.2 Å². The van der Waals surface area contributed by atoms with Gasteiger partial charge in [0.2, 0.25) is 10.0 Å². The SMILES string of the molecule is CCCn1c(Cn2cc(Br)c([N+](=O)[O-])n2)nc2cc(S(=O)(=O)N(C)C)ccc21. The largest absolute Gasteiger partial charge is 0.404 e. The third-order valence-corrected chi connectivity index (χ3v) is 6.57. The molecule has 1 aromatic carbocycles. The van der Waals surface area contributed by atoms with Gasteiger partial charge in [0.15, 0.2) is 0 Å². The molecule has 0 atom stereocenters. The van der Waals surface area contributed by atoms with Crippen LogP contribution in [0.1, 0.15) is 19.2 Å². The first-order chi connectivity index (χ1) is 13.1. The Balaban J connectivity index is 2.08. The van der Waals surface area contributed by atoms with Crippen LogP contribution in [0.3, 0.4) is 0 Å². The molecule has 0 N–H and O–H groups in total. The quantitative estimate of drug-likeness (QED) is 0.386. The van der Waals surface area contributed by atoms with Crippen molar-refractivity contribution >= 4 is 42.8 Å². The molecular weight excluding hydrogens is 452 g/mol. The summed E-state index contributed by atoms with van der Waals surface area (Å²) in [4.78, 5) is 15.2. The molecule has 2 aromatic heterocycles. The van der Waals surface area contributed by atoms with E-state index in [1.807, 2.05) is 11.5 Å². The van der Waals surface area contributed by atoms with Crippen LogP contribution >= 0.6 is 15.9 Å². The summed E-state index contributed by atoms with van der Waals surface area (Å²) >= 11 is 3.14. The zero-order chi connectivity index (χ0) is 20.6. The third-order valence-electron chi connectivity index (χ3n) is 4.20. The van der Waals surface area contributed by atoms with Crippen molar-refractivity contribution in [3.05, 3.63) is 44.8 Å². The smallest absolute Gasteiger partial charge is 0.358 e. The first kappa shape index (κ1) is 20.4. The number of benzene rings is 1. The zero-order valence-electron chi connectivity index (χ0n) is 15.5. The van der Waals surface area contributed by atoms with E-state index in [0.29, 0.717) is 17.9 Å². The van der Waals surface area contributed by atoms with Crippen molar-refractivity contribution in [2.75, 3.05) is 14.1 Å². The Morgan fingerprint density at radius 3 is 2.61 bits per heavy atom. The minimum atomic E-state index is -3.57. The highest BCUT2D eigenvalue weighted by Gasteiger charge is 2.22. The minimum Gasteiger partial charge on any atom is -0.358 e. The van der Waals surface area contributed by atoms with E-state index < -0.39 is 14.9 Å². The van der Waals surface area contributed by atoms with Crippen LogP contribution < -0.4 is 0 Å². The van der Waals surface area contributed by atoms with Gasteiger partial charge in [0, 0.05) is 20.6 Å². The minimum absolute atomic E-state index is 0.162. The fourth-order valence-electron chi connectivity index (χ4n) is 2.86. The van der Waals surface area contributed by atoms with Crippen molar-refractivity contribution in [3.63, 3.8) is 0 Å². The molecule has 0 aliphatic rings. The normalized spacial score (nSPS) is 12.2. The predicted molar refractivity (Wildman–Crippen MR) is 107 cm³/mol. The van der Waals surface area contributed by atoms with E-state index >= 15 is 0 Å². The van der Waals surface area contributed by atoms with Gasteiger partial charge in [-0.1, -0.05) is 6.92 Å². The number of aromatic nitrogens is 4. The standard InChI is InChI=1S/C16H19BrN6O4S/c1-4-7-22-14-6-5-11(28(26,27)20(2)3)8-13(14)18-15(22)10-21-9-12(17)16(19-21)23(24)25/h5-6,8-9H,4,7,10H2,1-3H3. The maximum Gasteiger partial charge on any atom is 0.404 e. The highest BCUT2D eigenvalue weighted by atomic mass is 79.9. The van der Waals surface area contributed by atoms with Gasteiger partial charge in [-0.3, -0.25) is 0 Å². The third kappa shape index (κ3) is 3.66. The molecule has 150 valence electrons. The summed E-state index contributed by atoms with van der Waals surface area (Å²) in [6.45, 7) is 2.92. The number of hydrogen-bond donors (Lipinski definition) is 0. The van der Waals surface area contributed by atoms with Crippen molar-refractivity contribution in [2.24, 2.45) is 0 Å². The van der Waals surface area contributed by atoms with E-state index in [2.05, 4.69) is 26.0 Å². The molecule has 0 aliphatic heterocycles. The molecule has 3 rings (SSSR count). The maximum atomic E-state index is 12.4. The van der Waals surface area contributed by atoms with E-state index in [1.165, 1.54) is 25.0 Å².